The van der Waals surface area contributed by atoms with Gasteiger partial charge < -0.3 is 19.7 Å². The molecule has 0 atom stereocenters. The van der Waals surface area contributed by atoms with E-state index in [1.54, 1.807) is 14.2 Å². The summed E-state index contributed by atoms with van der Waals surface area (Å²) >= 11 is 0. The van der Waals surface area contributed by atoms with Crippen LogP contribution in [-0.4, -0.2) is 24.4 Å². The summed E-state index contributed by atoms with van der Waals surface area (Å²) in [6, 6.07) is 3.77. The molecular weight excluding hydrogens is 234 g/mol. The summed E-state index contributed by atoms with van der Waals surface area (Å²) in [6.07, 6.45) is 0. The van der Waals surface area contributed by atoms with E-state index < -0.39 is 0 Å². The Balaban J connectivity index is 2.56. The van der Waals surface area contributed by atoms with Gasteiger partial charge in [0.2, 0.25) is 11.7 Å². The number of nitrogens with zero attached hydrogens (tertiary/aromatic N) is 2. The van der Waals surface area contributed by atoms with Gasteiger partial charge in [0.05, 0.1) is 26.3 Å². The van der Waals surface area contributed by atoms with Crippen LogP contribution in [-0.2, 0) is 6.54 Å². The van der Waals surface area contributed by atoms with E-state index >= 15 is 0 Å². The highest BCUT2D eigenvalue weighted by Gasteiger charge is 2.18. The molecule has 18 heavy (non-hydrogen) atoms. The highest BCUT2D eigenvalue weighted by molar-refractivity contribution is 5.70. The summed E-state index contributed by atoms with van der Waals surface area (Å²) in [5.74, 6) is 2.06. The van der Waals surface area contributed by atoms with Gasteiger partial charge in [0.25, 0.3) is 0 Å². The molecule has 1 heterocycles. The van der Waals surface area contributed by atoms with E-state index in [0.29, 0.717) is 28.8 Å². The number of ether oxygens (including phenoxy) is 2. The van der Waals surface area contributed by atoms with Gasteiger partial charge in [-0.2, -0.15) is 4.98 Å². The van der Waals surface area contributed by atoms with Crippen molar-refractivity contribution >= 4 is 0 Å². The Hall–Kier alpha value is -2.08. The first-order chi connectivity index (χ1) is 8.71. The van der Waals surface area contributed by atoms with E-state index in [9.17, 15) is 0 Å². The maximum Gasteiger partial charge on any atom is 0.240 e. The molecule has 0 aliphatic rings. The van der Waals surface area contributed by atoms with Crippen molar-refractivity contribution in [1.29, 1.82) is 0 Å². The predicted molar refractivity (Wildman–Crippen MR) is 65.5 cm³/mol. The van der Waals surface area contributed by atoms with Crippen molar-refractivity contribution in [1.82, 2.24) is 10.1 Å². The first kappa shape index (κ1) is 12.4. The summed E-state index contributed by atoms with van der Waals surface area (Å²) in [4.78, 5) is 4.17. The Bertz CT molecular complexity index is 551. The number of benzene rings is 1. The number of hydrogen-bond donors (Lipinski definition) is 1. The Morgan fingerprint density at radius 3 is 2.50 bits per heavy atom. The van der Waals surface area contributed by atoms with Gasteiger partial charge in [-0.25, -0.2) is 0 Å². The van der Waals surface area contributed by atoms with Gasteiger partial charge in [0, 0.05) is 0 Å². The van der Waals surface area contributed by atoms with E-state index in [1.807, 2.05) is 19.1 Å². The summed E-state index contributed by atoms with van der Waals surface area (Å²) in [6.45, 7) is 2.14. The lowest BCUT2D eigenvalue weighted by molar-refractivity contribution is 0.353. The molecule has 0 aliphatic carbocycles. The minimum atomic E-state index is 0.207. The number of methoxy groups -OCH3 is 2. The lowest BCUT2D eigenvalue weighted by Crippen LogP contribution is -1.98. The van der Waals surface area contributed by atoms with Crippen molar-refractivity contribution in [2.75, 3.05) is 14.2 Å². The fourth-order valence-corrected chi connectivity index (χ4v) is 1.74. The molecule has 0 saturated carbocycles. The lowest BCUT2D eigenvalue weighted by Gasteiger charge is -2.12. The maximum atomic E-state index is 5.44. The van der Waals surface area contributed by atoms with E-state index in [0.717, 1.165) is 5.56 Å². The van der Waals surface area contributed by atoms with Crippen LogP contribution < -0.4 is 15.2 Å². The molecule has 0 spiro atoms. The highest BCUT2D eigenvalue weighted by atomic mass is 16.5. The van der Waals surface area contributed by atoms with Crippen LogP contribution in [0, 0.1) is 6.92 Å². The van der Waals surface area contributed by atoms with Gasteiger partial charge in [0.15, 0.2) is 11.5 Å². The van der Waals surface area contributed by atoms with Crippen LogP contribution in [0.4, 0.5) is 0 Å². The molecule has 0 amide bonds. The molecule has 0 unspecified atom stereocenters. The van der Waals surface area contributed by atoms with Gasteiger partial charge in [-0.3, -0.25) is 0 Å². The van der Waals surface area contributed by atoms with E-state index in [1.165, 1.54) is 0 Å². The minimum absolute atomic E-state index is 0.207. The summed E-state index contributed by atoms with van der Waals surface area (Å²) < 4.78 is 15.7. The largest absolute Gasteiger partial charge is 0.493 e. The second-order valence-corrected chi connectivity index (χ2v) is 3.71. The number of aromatic nitrogens is 2. The zero-order chi connectivity index (χ0) is 13.1. The van der Waals surface area contributed by atoms with Gasteiger partial charge >= 0.3 is 0 Å². The first-order valence-corrected chi connectivity index (χ1v) is 5.45. The zero-order valence-electron chi connectivity index (χ0n) is 10.6. The second-order valence-electron chi connectivity index (χ2n) is 3.71. The number of rotatable bonds is 4. The average Bonchev–Trinajstić information content (AvgIpc) is 2.86. The van der Waals surface area contributed by atoms with Crippen molar-refractivity contribution < 1.29 is 14.0 Å². The van der Waals surface area contributed by atoms with Crippen LogP contribution in [0.15, 0.2) is 16.7 Å². The Kier molecular flexibility index (Phi) is 3.47. The molecule has 0 aliphatic heterocycles. The monoisotopic (exact) mass is 249 g/mol. The molecule has 2 aromatic rings. The molecule has 2 rings (SSSR count). The van der Waals surface area contributed by atoms with Crippen LogP contribution in [0.5, 0.6) is 11.5 Å². The Labute approximate surface area is 105 Å². The summed E-state index contributed by atoms with van der Waals surface area (Å²) in [5.41, 5.74) is 7.12. The first-order valence-electron chi connectivity index (χ1n) is 5.45. The van der Waals surface area contributed by atoms with Crippen LogP contribution >= 0.6 is 0 Å². The molecule has 1 aromatic carbocycles. The topological polar surface area (TPSA) is 83.4 Å². The highest BCUT2D eigenvalue weighted by Crippen LogP contribution is 2.38. The van der Waals surface area contributed by atoms with Crippen LogP contribution in [0.3, 0.4) is 0 Å². The van der Waals surface area contributed by atoms with Crippen molar-refractivity contribution in [3.63, 3.8) is 0 Å². The van der Waals surface area contributed by atoms with E-state index in [4.69, 9.17) is 19.7 Å². The Morgan fingerprint density at radius 2 is 1.94 bits per heavy atom. The molecule has 6 heteroatoms. The number of nitrogens with two attached hydrogens (primary N) is 1. The number of hydrogen-bond acceptors (Lipinski definition) is 6. The molecule has 96 valence electrons. The number of aryl methyl sites for hydroxylation is 1. The third kappa shape index (κ3) is 2.02. The quantitative estimate of drug-likeness (QED) is 0.884. The van der Waals surface area contributed by atoms with Crippen LogP contribution in [0.25, 0.3) is 11.4 Å². The van der Waals surface area contributed by atoms with Crippen molar-refractivity contribution in [3.05, 3.63) is 23.6 Å². The van der Waals surface area contributed by atoms with E-state index in [-0.39, 0.29) is 6.54 Å². The molecule has 0 radical (unpaired) electrons. The molecule has 1 aromatic heterocycles. The normalized spacial score (nSPS) is 10.4. The van der Waals surface area contributed by atoms with Gasteiger partial charge in [-0.15, -0.1) is 0 Å². The maximum absolute atomic E-state index is 5.44. The standard InChI is InChI=1S/C12H15N3O3/c1-7-4-5-8(11(17-3)10(7)16-2)12-14-9(6-13)18-15-12/h4-5H,6,13H2,1-3H3. The molecule has 0 fully saturated rings. The minimum Gasteiger partial charge on any atom is -0.493 e. The SMILES string of the molecule is COc1c(C)ccc(-c2noc(CN)n2)c1OC. The van der Waals surface area contributed by atoms with Gasteiger partial charge in [0.1, 0.15) is 0 Å². The van der Waals surface area contributed by atoms with Gasteiger partial charge in [-0.05, 0) is 18.6 Å². The van der Waals surface area contributed by atoms with Crippen molar-refractivity contribution in [2.45, 2.75) is 13.5 Å². The lowest BCUT2D eigenvalue weighted by atomic mass is 10.1. The smallest absolute Gasteiger partial charge is 0.240 e. The molecular formula is C12H15N3O3. The molecule has 6 nitrogen and oxygen atoms in total. The zero-order valence-corrected chi connectivity index (χ0v) is 10.6. The summed E-state index contributed by atoms with van der Waals surface area (Å²) in [7, 11) is 3.17. The second kappa shape index (κ2) is 5.05. The molecule has 0 bridgehead atoms. The molecule has 0 saturated heterocycles. The van der Waals surface area contributed by atoms with Crippen LogP contribution in [0.2, 0.25) is 0 Å². The van der Waals surface area contributed by atoms with Crippen molar-refractivity contribution in [2.24, 2.45) is 5.73 Å². The predicted octanol–water partition coefficient (Wildman–Crippen LogP) is 1.52. The van der Waals surface area contributed by atoms with Crippen molar-refractivity contribution in [3.8, 4) is 22.9 Å². The van der Waals surface area contributed by atoms with Gasteiger partial charge in [-0.1, -0.05) is 11.2 Å². The third-order valence-electron chi connectivity index (χ3n) is 2.60. The van der Waals surface area contributed by atoms with E-state index in [2.05, 4.69) is 10.1 Å². The molecule has 2 N–H and O–H groups in total. The fraction of sp³-hybridized carbons (Fsp3) is 0.333. The average molecular weight is 249 g/mol. The fourth-order valence-electron chi connectivity index (χ4n) is 1.74. The van der Waals surface area contributed by atoms with Crippen LogP contribution in [0.1, 0.15) is 11.5 Å². The third-order valence-corrected chi connectivity index (χ3v) is 2.60. The summed E-state index contributed by atoms with van der Waals surface area (Å²) in [5, 5.41) is 3.87. The Morgan fingerprint density at radius 1 is 1.22 bits per heavy atom.